The van der Waals surface area contributed by atoms with Crippen molar-refractivity contribution in [2.45, 2.75) is 70.0 Å². The van der Waals surface area contributed by atoms with Gasteiger partial charge in [0.1, 0.15) is 23.8 Å². The Morgan fingerprint density at radius 1 is 1.18 bits per heavy atom. The third-order valence-corrected chi connectivity index (χ3v) is 4.85. The van der Waals surface area contributed by atoms with Crippen LogP contribution >= 0.6 is 0 Å². The number of ether oxygens (including phenoxy) is 1. The molecule has 0 spiro atoms. The molecule has 4 atom stereocenters. The van der Waals surface area contributed by atoms with Crippen molar-refractivity contribution in [3.05, 3.63) is 12.2 Å². The number of aromatic nitrogens is 4. The van der Waals surface area contributed by atoms with Crippen LogP contribution in [0.5, 0.6) is 0 Å². The van der Waals surface area contributed by atoms with Crippen molar-refractivity contribution in [3.8, 4) is 11.8 Å². The maximum Gasteiger partial charge on any atom is 0.208 e. The number of fused-ring (bicyclic) bond motifs is 1. The minimum absolute atomic E-state index is 0.183. The lowest BCUT2D eigenvalue weighted by Gasteiger charge is -2.16. The van der Waals surface area contributed by atoms with Gasteiger partial charge in [-0.2, -0.15) is 0 Å². The van der Waals surface area contributed by atoms with Gasteiger partial charge in [0.05, 0.1) is 12.9 Å². The van der Waals surface area contributed by atoms with Crippen molar-refractivity contribution in [1.29, 1.82) is 0 Å². The molecule has 1 saturated heterocycles. The molecule has 9 heteroatoms. The van der Waals surface area contributed by atoms with Gasteiger partial charge in [-0.05, 0) is 12.3 Å². The Morgan fingerprint density at radius 3 is 2.68 bits per heavy atom. The number of hydrogen-bond acceptors (Lipinski definition) is 8. The molecule has 0 aliphatic carbocycles. The lowest BCUT2D eigenvalue weighted by atomic mass is 10.1. The van der Waals surface area contributed by atoms with Crippen molar-refractivity contribution in [3.63, 3.8) is 0 Å². The maximum absolute atomic E-state index is 10.3. The summed E-state index contributed by atoms with van der Waals surface area (Å²) in [5.74, 6) is 6.45. The zero-order valence-corrected chi connectivity index (χ0v) is 16.0. The van der Waals surface area contributed by atoms with Crippen LogP contribution in [0.4, 0.5) is 5.82 Å². The molecule has 1 aliphatic heterocycles. The maximum atomic E-state index is 10.3. The predicted molar refractivity (Wildman–Crippen MR) is 103 cm³/mol. The van der Waals surface area contributed by atoms with Gasteiger partial charge in [-0.15, -0.1) is 0 Å². The van der Waals surface area contributed by atoms with Crippen LogP contribution in [-0.4, -0.2) is 59.8 Å². The monoisotopic (exact) mass is 389 g/mol. The SMILES string of the molecule is CCCCCCCC#Cc1nc(N)c2ncn([C@@H]3O[C@H](CO)[C@@H](O)[C@H]3O)c2n1. The fourth-order valence-corrected chi connectivity index (χ4v) is 3.25. The van der Waals surface area contributed by atoms with Crippen LogP contribution in [0.15, 0.2) is 6.33 Å². The molecule has 2 aromatic rings. The first kappa shape index (κ1) is 20.5. The number of aliphatic hydroxyl groups excluding tert-OH is 3. The molecule has 3 rings (SSSR count). The van der Waals surface area contributed by atoms with E-state index in [1.165, 1.54) is 30.2 Å². The summed E-state index contributed by atoms with van der Waals surface area (Å²) in [5, 5.41) is 29.5. The molecule has 1 aliphatic rings. The minimum atomic E-state index is -1.23. The summed E-state index contributed by atoms with van der Waals surface area (Å²) in [7, 11) is 0. The van der Waals surface area contributed by atoms with Gasteiger partial charge in [0.25, 0.3) is 0 Å². The molecule has 0 amide bonds. The number of nitrogen functional groups attached to an aromatic ring is 1. The molecule has 0 bridgehead atoms. The van der Waals surface area contributed by atoms with Crippen LogP contribution in [0.3, 0.4) is 0 Å². The van der Waals surface area contributed by atoms with Gasteiger partial charge in [0.2, 0.25) is 5.82 Å². The van der Waals surface area contributed by atoms with E-state index in [9.17, 15) is 15.3 Å². The summed E-state index contributed by atoms with van der Waals surface area (Å²) < 4.78 is 7.03. The fraction of sp³-hybridized carbons (Fsp3) is 0.632. The van der Waals surface area contributed by atoms with E-state index in [1.54, 1.807) is 0 Å². The van der Waals surface area contributed by atoms with E-state index in [1.807, 2.05) is 0 Å². The quantitative estimate of drug-likeness (QED) is 0.401. The summed E-state index contributed by atoms with van der Waals surface area (Å²) in [6.07, 6.45) is 3.78. The van der Waals surface area contributed by atoms with Gasteiger partial charge in [0, 0.05) is 6.42 Å². The molecule has 0 unspecified atom stereocenters. The lowest BCUT2D eigenvalue weighted by molar-refractivity contribution is -0.0511. The van der Waals surface area contributed by atoms with Crippen LogP contribution in [0.1, 0.15) is 57.5 Å². The molecule has 9 nitrogen and oxygen atoms in total. The Balaban J connectivity index is 1.78. The van der Waals surface area contributed by atoms with E-state index in [-0.39, 0.29) is 11.6 Å². The minimum Gasteiger partial charge on any atom is -0.394 e. The number of imidazole rings is 1. The number of rotatable bonds is 7. The van der Waals surface area contributed by atoms with Crippen LogP contribution in [0, 0.1) is 11.8 Å². The molecule has 0 saturated carbocycles. The second kappa shape index (κ2) is 9.30. The fourth-order valence-electron chi connectivity index (χ4n) is 3.25. The number of nitrogens with two attached hydrogens (primary N) is 1. The van der Waals surface area contributed by atoms with E-state index in [2.05, 4.69) is 33.7 Å². The average molecular weight is 389 g/mol. The van der Waals surface area contributed by atoms with Gasteiger partial charge < -0.3 is 25.8 Å². The van der Waals surface area contributed by atoms with Crippen molar-refractivity contribution >= 4 is 17.0 Å². The first-order valence-corrected chi connectivity index (χ1v) is 9.68. The Hall–Kier alpha value is -2.25. The Morgan fingerprint density at radius 2 is 1.96 bits per heavy atom. The van der Waals surface area contributed by atoms with E-state index < -0.39 is 31.1 Å². The van der Waals surface area contributed by atoms with Crippen LogP contribution < -0.4 is 5.73 Å². The largest absolute Gasteiger partial charge is 0.394 e. The third-order valence-electron chi connectivity index (χ3n) is 4.85. The Kier molecular flexibility index (Phi) is 6.80. The summed E-state index contributed by atoms with van der Waals surface area (Å²) in [5.41, 5.74) is 6.70. The number of aliphatic hydroxyl groups is 3. The highest BCUT2D eigenvalue weighted by Crippen LogP contribution is 2.31. The number of hydrogen-bond donors (Lipinski definition) is 4. The highest BCUT2D eigenvalue weighted by Gasteiger charge is 2.44. The summed E-state index contributed by atoms with van der Waals surface area (Å²) in [4.78, 5) is 12.8. The molecule has 152 valence electrons. The van der Waals surface area contributed by atoms with Gasteiger partial charge >= 0.3 is 0 Å². The van der Waals surface area contributed by atoms with Crippen molar-refractivity contribution in [2.24, 2.45) is 0 Å². The third kappa shape index (κ3) is 4.25. The van der Waals surface area contributed by atoms with Gasteiger partial charge in [0.15, 0.2) is 17.7 Å². The van der Waals surface area contributed by atoms with Gasteiger partial charge in [-0.1, -0.05) is 38.5 Å². The standard InChI is InChI=1S/C19H27N5O4/c1-2-3-4-5-6-7-8-9-13-22-17(20)14-18(23-13)24(11-21-14)19-16(27)15(26)12(10-25)28-19/h11-12,15-16,19,25-27H,2-7,10H2,1H3,(H2,20,22,23)/t12-,15-,16-,19-/m1/s1. The van der Waals surface area contributed by atoms with Crippen LogP contribution in [0.25, 0.3) is 11.2 Å². The molecule has 1 fully saturated rings. The molecule has 0 aromatic carbocycles. The van der Waals surface area contributed by atoms with Gasteiger partial charge in [-0.3, -0.25) is 4.57 Å². The topological polar surface area (TPSA) is 140 Å². The van der Waals surface area contributed by atoms with Crippen molar-refractivity contribution < 1.29 is 20.1 Å². The molecule has 3 heterocycles. The molecular weight excluding hydrogens is 362 g/mol. The van der Waals surface area contributed by atoms with Crippen LogP contribution in [0.2, 0.25) is 0 Å². The molecule has 2 aromatic heterocycles. The van der Waals surface area contributed by atoms with E-state index in [4.69, 9.17) is 10.5 Å². The number of anilines is 1. The van der Waals surface area contributed by atoms with E-state index >= 15 is 0 Å². The second-order valence-electron chi connectivity index (χ2n) is 6.95. The first-order valence-electron chi connectivity index (χ1n) is 9.68. The highest BCUT2D eigenvalue weighted by atomic mass is 16.6. The summed E-state index contributed by atoms with van der Waals surface area (Å²) in [6.45, 7) is 1.77. The second-order valence-corrected chi connectivity index (χ2v) is 6.95. The molecule has 0 radical (unpaired) electrons. The average Bonchev–Trinajstić information content (AvgIpc) is 3.23. The van der Waals surface area contributed by atoms with Gasteiger partial charge in [-0.25, -0.2) is 15.0 Å². The number of nitrogens with zero attached hydrogens (tertiary/aromatic N) is 4. The zero-order chi connectivity index (χ0) is 20.1. The molecule has 5 N–H and O–H groups in total. The van der Waals surface area contributed by atoms with E-state index in [0.29, 0.717) is 11.2 Å². The Bertz CT molecular complexity index is 859. The normalized spacial score (nSPS) is 24.4. The predicted octanol–water partition coefficient (Wildman–Crippen LogP) is 0.732. The molecular formula is C19H27N5O4. The lowest BCUT2D eigenvalue weighted by Crippen LogP contribution is -2.33. The summed E-state index contributed by atoms with van der Waals surface area (Å²) in [6, 6.07) is 0. The number of unbranched alkanes of at least 4 members (excludes halogenated alkanes) is 5. The zero-order valence-electron chi connectivity index (χ0n) is 16.0. The van der Waals surface area contributed by atoms with Crippen LogP contribution in [-0.2, 0) is 4.74 Å². The molecule has 28 heavy (non-hydrogen) atoms. The summed E-state index contributed by atoms with van der Waals surface area (Å²) >= 11 is 0. The van der Waals surface area contributed by atoms with E-state index in [0.717, 1.165) is 19.3 Å². The van der Waals surface area contributed by atoms with Crippen molar-refractivity contribution in [2.75, 3.05) is 12.3 Å². The highest BCUT2D eigenvalue weighted by molar-refractivity contribution is 5.82. The first-order chi connectivity index (χ1) is 13.6. The Labute approximate surface area is 163 Å². The smallest absolute Gasteiger partial charge is 0.208 e. The van der Waals surface area contributed by atoms with Crippen molar-refractivity contribution in [1.82, 2.24) is 19.5 Å².